The highest BCUT2D eigenvalue weighted by molar-refractivity contribution is 5.95. The fraction of sp³-hybridized carbons (Fsp3) is 0.471. The van der Waals surface area contributed by atoms with Crippen molar-refractivity contribution in [3.05, 3.63) is 24.3 Å². The van der Waals surface area contributed by atoms with E-state index in [1.165, 1.54) is 0 Å². The van der Waals surface area contributed by atoms with Gasteiger partial charge >= 0.3 is 6.09 Å². The Hall–Kier alpha value is -2.57. The van der Waals surface area contributed by atoms with E-state index in [-0.39, 0.29) is 24.3 Å². The average molecular weight is 335 g/mol. The zero-order chi connectivity index (χ0) is 18.3. The van der Waals surface area contributed by atoms with Gasteiger partial charge in [-0.15, -0.1) is 0 Å². The minimum Gasteiger partial charge on any atom is -0.444 e. The molecule has 1 rings (SSSR count). The number of hydrogen-bond donors (Lipinski definition) is 3. The third-order valence-electron chi connectivity index (χ3n) is 2.75. The van der Waals surface area contributed by atoms with Crippen molar-refractivity contribution >= 4 is 29.3 Å². The Morgan fingerprint density at radius 3 is 1.96 bits per heavy atom. The largest absolute Gasteiger partial charge is 0.444 e. The standard InChI is InChI=1S/C17H25N3O4/c1-11(2)15(22)20-13-8-6-12(7-9-13)19-14(21)10-18-16(23)24-17(3,4)5/h6-9,11H,10H2,1-5H3,(H,18,23)(H,19,21)(H,20,22). The Bertz CT molecular complexity index is 589. The second kappa shape index (κ2) is 8.33. The lowest BCUT2D eigenvalue weighted by atomic mass is 10.2. The molecular formula is C17H25N3O4. The molecule has 0 aliphatic rings. The van der Waals surface area contributed by atoms with E-state index < -0.39 is 11.7 Å². The molecule has 0 radical (unpaired) electrons. The first-order chi connectivity index (χ1) is 11.1. The van der Waals surface area contributed by atoms with Crippen LogP contribution >= 0.6 is 0 Å². The van der Waals surface area contributed by atoms with Crippen molar-refractivity contribution in [2.45, 2.75) is 40.2 Å². The summed E-state index contributed by atoms with van der Waals surface area (Å²) in [6, 6.07) is 6.72. The highest BCUT2D eigenvalue weighted by Gasteiger charge is 2.16. The summed E-state index contributed by atoms with van der Waals surface area (Å²) < 4.78 is 5.04. The number of rotatable bonds is 5. The fourth-order valence-corrected chi connectivity index (χ4v) is 1.60. The van der Waals surface area contributed by atoms with Crippen molar-refractivity contribution in [2.24, 2.45) is 5.92 Å². The molecule has 0 aliphatic carbocycles. The fourth-order valence-electron chi connectivity index (χ4n) is 1.60. The lowest BCUT2D eigenvalue weighted by Crippen LogP contribution is -2.37. The van der Waals surface area contributed by atoms with Gasteiger partial charge in [-0.25, -0.2) is 4.79 Å². The summed E-state index contributed by atoms with van der Waals surface area (Å²) in [7, 11) is 0. The maximum absolute atomic E-state index is 11.8. The Kier molecular flexibility index (Phi) is 6.76. The molecule has 24 heavy (non-hydrogen) atoms. The predicted octanol–water partition coefficient (Wildman–Crippen LogP) is 2.74. The first kappa shape index (κ1) is 19.5. The normalized spacial score (nSPS) is 10.9. The van der Waals surface area contributed by atoms with Crippen molar-refractivity contribution in [1.29, 1.82) is 0 Å². The number of benzene rings is 1. The molecule has 1 aromatic carbocycles. The number of carbonyl (C=O) groups is 3. The molecule has 0 unspecified atom stereocenters. The smallest absolute Gasteiger partial charge is 0.408 e. The number of amides is 3. The molecule has 0 saturated carbocycles. The third kappa shape index (κ3) is 7.62. The van der Waals surface area contributed by atoms with Gasteiger partial charge < -0.3 is 20.7 Å². The van der Waals surface area contributed by atoms with E-state index in [2.05, 4.69) is 16.0 Å². The highest BCUT2D eigenvalue weighted by Crippen LogP contribution is 2.14. The van der Waals surface area contributed by atoms with Gasteiger partial charge in [0, 0.05) is 17.3 Å². The lowest BCUT2D eigenvalue weighted by Gasteiger charge is -2.19. The monoisotopic (exact) mass is 335 g/mol. The third-order valence-corrected chi connectivity index (χ3v) is 2.75. The van der Waals surface area contributed by atoms with Crippen LogP contribution in [0, 0.1) is 5.92 Å². The van der Waals surface area contributed by atoms with Gasteiger partial charge in [0.1, 0.15) is 12.1 Å². The second-order valence-electron chi connectivity index (χ2n) is 6.62. The van der Waals surface area contributed by atoms with Gasteiger partial charge in [0.05, 0.1) is 0 Å². The number of ether oxygens (including phenoxy) is 1. The molecule has 0 spiro atoms. The van der Waals surface area contributed by atoms with Crippen LogP contribution in [-0.4, -0.2) is 30.1 Å². The Morgan fingerprint density at radius 1 is 1.00 bits per heavy atom. The molecule has 0 bridgehead atoms. The first-order valence-corrected chi connectivity index (χ1v) is 7.74. The van der Waals surface area contributed by atoms with Crippen molar-refractivity contribution in [2.75, 3.05) is 17.2 Å². The van der Waals surface area contributed by atoms with E-state index in [1.54, 1.807) is 45.0 Å². The summed E-state index contributed by atoms with van der Waals surface area (Å²) in [5, 5.41) is 7.78. The molecule has 0 aromatic heterocycles. The van der Waals surface area contributed by atoms with Crippen LogP contribution in [0.5, 0.6) is 0 Å². The minimum atomic E-state index is -0.649. The molecule has 1 aromatic rings. The zero-order valence-electron chi connectivity index (χ0n) is 14.7. The molecule has 7 heteroatoms. The van der Waals surface area contributed by atoms with Crippen LogP contribution in [0.1, 0.15) is 34.6 Å². The molecule has 0 heterocycles. The molecule has 0 aliphatic heterocycles. The molecule has 3 amide bonds. The zero-order valence-corrected chi connectivity index (χ0v) is 14.7. The van der Waals surface area contributed by atoms with Crippen LogP contribution in [-0.2, 0) is 14.3 Å². The van der Waals surface area contributed by atoms with Crippen molar-refractivity contribution < 1.29 is 19.1 Å². The van der Waals surface area contributed by atoms with Crippen LogP contribution in [0.3, 0.4) is 0 Å². The van der Waals surface area contributed by atoms with E-state index in [0.717, 1.165) is 0 Å². The highest BCUT2D eigenvalue weighted by atomic mass is 16.6. The van der Waals surface area contributed by atoms with Crippen LogP contribution < -0.4 is 16.0 Å². The number of hydrogen-bond acceptors (Lipinski definition) is 4. The van der Waals surface area contributed by atoms with Gasteiger partial charge in [-0.3, -0.25) is 9.59 Å². The maximum atomic E-state index is 11.8. The summed E-state index contributed by atoms with van der Waals surface area (Å²) in [6.07, 6.45) is -0.649. The van der Waals surface area contributed by atoms with Crippen molar-refractivity contribution in [3.8, 4) is 0 Å². The molecule has 0 atom stereocenters. The number of carbonyl (C=O) groups excluding carboxylic acids is 3. The Labute approximate surface area is 142 Å². The lowest BCUT2D eigenvalue weighted by molar-refractivity contribution is -0.119. The molecule has 7 nitrogen and oxygen atoms in total. The first-order valence-electron chi connectivity index (χ1n) is 7.74. The SMILES string of the molecule is CC(C)C(=O)Nc1ccc(NC(=O)CNC(=O)OC(C)(C)C)cc1. The van der Waals surface area contributed by atoms with Crippen molar-refractivity contribution in [3.63, 3.8) is 0 Å². The van der Waals surface area contributed by atoms with E-state index >= 15 is 0 Å². The molecule has 0 fully saturated rings. The van der Waals surface area contributed by atoms with E-state index in [4.69, 9.17) is 4.74 Å². The molecular weight excluding hydrogens is 310 g/mol. The summed E-state index contributed by atoms with van der Waals surface area (Å²) in [6.45, 7) is 8.65. The van der Waals surface area contributed by atoms with E-state index in [1.807, 2.05) is 13.8 Å². The maximum Gasteiger partial charge on any atom is 0.408 e. The van der Waals surface area contributed by atoms with Crippen LogP contribution in [0.2, 0.25) is 0 Å². The molecule has 3 N–H and O–H groups in total. The summed E-state index contributed by atoms with van der Waals surface area (Å²) >= 11 is 0. The van der Waals surface area contributed by atoms with Crippen LogP contribution in [0.15, 0.2) is 24.3 Å². The van der Waals surface area contributed by atoms with Gasteiger partial charge in [-0.05, 0) is 45.0 Å². The minimum absolute atomic E-state index is 0.0756. The number of alkyl carbamates (subject to hydrolysis) is 1. The van der Waals surface area contributed by atoms with Gasteiger partial charge in [0.15, 0.2) is 0 Å². The topological polar surface area (TPSA) is 96.5 Å². The predicted molar refractivity (Wildman–Crippen MR) is 92.8 cm³/mol. The van der Waals surface area contributed by atoms with Crippen LogP contribution in [0.4, 0.5) is 16.2 Å². The average Bonchev–Trinajstić information content (AvgIpc) is 2.45. The Morgan fingerprint density at radius 2 is 1.50 bits per heavy atom. The summed E-state index contributed by atoms with van der Waals surface area (Å²) in [4.78, 5) is 34.8. The molecule has 132 valence electrons. The summed E-state index contributed by atoms with van der Waals surface area (Å²) in [5.74, 6) is -0.559. The Balaban J connectivity index is 2.45. The van der Waals surface area contributed by atoms with Gasteiger partial charge in [0.2, 0.25) is 11.8 Å². The summed E-state index contributed by atoms with van der Waals surface area (Å²) in [5.41, 5.74) is 0.601. The van der Waals surface area contributed by atoms with E-state index in [0.29, 0.717) is 11.4 Å². The van der Waals surface area contributed by atoms with E-state index in [9.17, 15) is 14.4 Å². The van der Waals surface area contributed by atoms with Gasteiger partial charge in [-0.2, -0.15) is 0 Å². The quantitative estimate of drug-likeness (QED) is 0.771. The van der Waals surface area contributed by atoms with Gasteiger partial charge in [-0.1, -0.05) is 13.8 Å². The number of anilines is 2. The second-order valence-corrected chi connectivity index (χ2v) is 6.62. The number of nitrogens with one attached hydrogen (secondary N) is 3. The van der Waals surface area contributed by atoms with Crippen molar-refractivity contribution in [1.82, 2.24) is 5.32 Å². The van der Waals surface area contributed by atoms with Crippen LogP contribution in [0.25, 0.3) is 0 Å². The van der Waals surface area contributed by atoms with Gasteiger partial charge in [0.25, 0.3) is 0 Å². The molecule has 0 saturated heterocycles.